The molecule has 0 aromatic rings. The van der Waals surface area contributed by atoms with Crippen molar-refractivity contribution in [2.45, 2.75) is 60.9 Å². The summed E-state index contributed by atoms with van der Waals surface area (Å²) in [4.78, 5) is 4.39. The van der Waals surface area contributed by atoms with Crippen LogP contribution >= 0.6 is 0 Å². The highest BCUT2D eigenvalue weighted by Crippen LogP contribution is 2.24. The maximum absolute atomic E-state index is 4.39. The van der Waals surface area contributed by atoms with E-state index in [0.29, 0.717) is 0 Å². The number of nitrogens with one attached hydrogen (secondary N) is 1. The summed E-state index contributed by atoms with van der Waals surface area (Å²) >= 11 is 0. The molecule has 1 N–H and O–H groups in total. The van der Waals surface area contributed by atoms with Gasteiger partial charge in [-0.15, -0.1) is 0 Å². The molecule has 0 aliphatic carbocycles. The van der Waals surface area contributed by atoms with Crippen LogP contribution < -0.4 is 5.32 Å². The van der Waals surface area contributed by atoms with Crippen molar-refractivity contribution >= 4 is 6.34 Å². The first-order valence-corrected chi connectivity index (χ1v) is 7.71. The third-order valence-electron chi connectivity index (χ3n) is 2.59. The summed E-state index contributed by atoms with van der Waals surface area (Å²) in [5.74, 6) is 0. The van der Waals surface area contributed by atoms with Crippen LogP contribution in [0.4, 0.5) is 0 Å². The first-order chi connectivity index (χ1) is 9.74. The average molecular weight is 276 g/mol. The average Bonchev–Trinajstić information content (AvgIpc) is 2.51. The van der Waals surface area contributed by atoms with Crippen molar-refractivity contribution in [1.82, 2.24) is 5.32 Å². The molecule has 1 aliphatic heterocycles. The quantitative estimate of drug-likeness (QED) is 0.682. The van der Waals surface area contributed by atoms with Crippen LogP contribution in [0.2, 0.25) is 0 Å². The lowest BCUT2D eigenvalue weighted by molar-refractivity contribution is 0.794. The van der Waals surface area contributed by atoms with Crippen LogP contribution in [0.25, 0.3) is 0 Å². The second kappa shape index (κ2) is 13.9. The van der Waals surface area contributed by atoms with Gasteiger partial charge in [-0.05, 0) is 25.8 Å². The molecule has 1 rings (SSSR count). The van der Waals surface area contributed by atoms with Gasteiger partial charge in [0.2, 0.25) is 0 Å². The van der Waals surface area contributed by atoms with Crippen LogP contribution in [-0.4, -0.2) is 12.4 Å². The maximum Gasteiger partial charge on any atom is 0.0873 e. The smallest absolute Gasteiger partial charge is 0.0873 e. The van der Waals surface area contributed by atoms with Gasteiger partial charge in [0, 0.05) is 11.3 Å². The molecule has 0 amide bonds. The highest BCUT2D eigenvalue weighted by Gasteiger charge is 2.17. The lowest BCUT2D eigenvalue weighted by Crippen LogP contribution is -2.24. The molecule has 1 heterocycles. The van der Waals surface area contributed by atoms with E-state index in [0.717, 1.165) is 6.42 Å². The van der Waals surface area contributed by atoms with Crippen LogP contribution in [-0.2, 0) is 0 Å². The maximum atomic E-state index is 4.39. The van der Waals surface area contributed by atoms with E-state index >= 15 is 0 Å². The summed E-state index contributed by atoms with van der Waals surface area (Å²) in [7, 11) is 0. The summed E-state index contributed by atoms with van der Waals surface area (Å²) in [5, 5.41) is 3.23. The molecular formula is C18H32N2. The second-order valence-electron chi connectivity index (χ2n) is 3.70. The Hall–Kier alpha value is -1.57. The first kappa shape index (κ1) is 20.7. The molecular weight excluding hydrogens is 244 g/mol. The van der Waals surface area contributed by atoms with E-state index < -0.39 is 0 Å². The van der Waals surface area contributed by atoms with Gasteiger partial charge in [0.1, 0.15) is 0 Å². The molecule has 20 heavy (non-hydrogen) atoms. The van der Waals surface area contributed by atoms with Crippen molar-refractivity contribution in [3.05, 3.63) is 47.7 Å². The molecule has 0 spiro atoms. The Kier molecular flexibility index (Phi) is 14.4. The van der Waals surface area contributed by atoms with E-state index in [-0.39, 0.29) is 6.04 Å². The van der Waals surface area contributed by atoms with Crippen LogP contribution in [0.1, 0.15) is 54.9 Å². The Labute approximate surface area is 126 Å². The topological polar surface area (TPSA) is 24.4 Å². The summed E-state index contributed by atoms with van der Waals surface area (Å²) in [6.45, 7) is 18.0. The van der Waals surface area contributed by atoms with Crippen LogP contribution in [0, 0.1) is 0 Å². The molecule has 0 aromatic carbocycles. The lowest BCUT2D eigenvalue weighted by Gasteiger charge is -2.22. The molecule has 1 aliphatic rings. The summed E-state index contributed by atoms with van der Waals surface area (Å²) in [5.41, 5.74) is 3.70. The minimum Gasteiger partial charge on any atom is -0.350 e. The molecule has 0 saturated heterocycles. The molecule has 0 radical (unpaired) electrons. The molecule has 1 atom stereocenters. The SMILES string of the molecule is C=C/C=C(\C=C/C)C1=C(CC)NC=NC1C.CC.CC. The van der Waals surface area contributed by atoms with Gasteiger partial charge in [-0.3, -0.25) is 4.99 Å². The molecule has 0 bridgehead atoms. The standard InChI is InChI=1S/C14H20N2.2C2H6/c1-5-8-12(9-6-2)14-11(4)15-10-16-13(14)7-3;2*1-2/h5-6,8-11H,1,7H2,2-4H3,(H,15,16);2*1-2H3/b9-6-,12-8+;;. The Morgan fingerprint density at radius 1 is 1.35 bits per heavy atom. The van der Waals surface area contributed by atoms with Crippen LogP contribution in [0.5, 0.6) is 0 Å². The minimum atomic E-state index is 0.207. The third-order valence-corrected chi connectivity index (χ3v) is 2.59. The van der Waals surface area contributed by atoms with Gasteiger partial charge in [-0.1, -0.05) is 65.5 Å². The number of allylic oxidation sites excluding steroid dienone is 5. The molecule has 1 unspecified atom stereocenters. The summed E-state index contributed by atoms with van der Waals surface area (Å²) < 4.78 is 0. The zero-order valence-corrected chi connectivity index (χ0v) is 14.3. The zero-order chi connectivity index (χ0) is 16.0. The van der Waals surface area contributed by atoms with Crippen molar-refractivity contribution in [2.24, 2.45) is 4.99 Å². The van der Waals surface area contributed by atoms with E-state index in [2.05, 4.69) is 36.8 Å². The highest BCUT2D eigenvalue weighted by molar-refractivity contribution is 5.64. The Bertz CT molecular complexity index is 371. The van der Waals surface area contributed by atoms with Gasteiger partial charge in [0.05, 0.1) is 12.4 Å². The number of aliphatic imine (C=N–C) groups is 1. The van der Waals surface area contributed by atoms with Crippen LogP contribution in [0.15, 0.2) is 52.7 Å². The summed E-state index contributed by atoms with van der Waals surface area (Å²) in [6, 6.07) is 0.207. The highest BCUT2D eigenvalue weighted by atomic mass is 15.0. The van der Waals surface area contributed by atoms with E-state index in [1.54, 1.807) is 6.34 Å². The Morgan fingerprint density at radius 3 is 2.40 bits per heavy atom. The number of hydrogen-bond donors (Lipinski definition) is 1. The van der Waals surface area contributed by atoms with Gasteiger partial charge in [0.25, 0.3) is 0 Å². The lowest BCUT2D eigenvalue weighted by atomic mass is 9.94. The fourth-order valence-electron chi connectivity index (χ4n) is 1.88. The van der Waals surface area contributed by atoms with Crippen molar-refractivity contribution in [3.8, 4) is 0 Å². The van der Waals surface area contributed by atoms with Gasteiger partial charge in [0.15, 0.2) is 0 Å². The number of nitrogens with zero attached hydrogens (tertiary/aromatic N) is 1. The fraction of sp³-hybridized carbons (Fsp3) is 0.500. The molecule has 0 fully saturated rings. The molecule has 2 heteroatoms. The molecule has 0 saturated carbocycles. The number of rotatable bonds is 4. The predicted octanol–water partition coefficient (Wildman–Crippen LogP) is 5.41. The van der Waals surface area contributed by atoms with Gasteiger partial charge < -0.3 is 5.32 Å². The van der Waals surface area contributed by atoms with Crippen molar-refractivity contribution in [2.75, 3.05) is 0 Å². The zero-order valence-electron chi connectivity index (χ0n) is 14.3. The van der Waals surface area contributed by atoms with Crippen LogP contribution in [0.3, 0.4) is 0 Å². The van der Waals surface area contributed by atoms with E-state index in [1.807, 2.05) is 52.8 Å². The second-order valence-corrected chi connectivity index (χ2v) is 3.70. The molecule has 0 aromatic heterocycles. The molecule has 2 nitrogen and oxygen atoms in total. The normalized spacial score (nSPS) is 17.8. The number of hydrogen-bond acceptors (Lipinski definition) is 2. The minimum absolute atomic E-state index is 0.207. The Balaban J connectivity index is 0. The Morgan fingerprint density at radius 2 is 1.95 bits per heavy atom. The fourth-order valence-corrected chi connectivity index (χ4v) is 1.88. The van der Waals surface area contributed by atoms with E-state index in [4.69, 9.17) is 0 Å². The molecule has 114 valence electrons. The van der Waals surface area contributed by atoms with Crippen molar-refractivity contribution < 1.29 is 0 Å². The van der Waals surface area contributed by atoms with Gasteiger partial charge in [-0.25, -0.2) is 0 Å². The van der Waals surface area contributed by atoms with E-state index in [1.165, 1.54) is 16.8 Å². The predicted molar refractivity (Wildman–Crippen MR) is 94.2 cm³/mol. The van der Waals surface area contributed by atoms with Crippen molar-refractivity contribution in [1.29, 1.82) is 0 Å². The van der Waals surface area contributed by atoms with Gasteiger partial charge in [-0.2, -0.15) is 0 Å². The van der Waals surface area contributed by atoms with Crippen molar-refractivity contribution in [3.63, 3.8) is 0 Å². The largest absolute Gasteiger partial charge is 0.350 e. The third kappa shape index (κ3) is 6.55. The first-order valence-electron chi connectivity index (χ1n) is 7.71. The monoisotopic (exact) mass is 276 g/mol. The van der Waals surface area contributed by atoms with Gasteiger partial charge >= 0.3 is 0 Å². The van der Waals surface area contributed by atoms with E-state index in [9.17, 15) is 0 Å². The summed E-state index contributed by atoms with van der Waals surface area (Å²) in [6.07, 6.45) is 10.8.